The number of amidine groups is 1. The maximum absolute atomic E-state index is 7.72. The lowest BCUT2D eigenvalue weighted by Crippen LogP contribution is -2.13. The number of nitrogens with two attached hydrogens (primary N) is 1. The molecule has 0 spiro atoms. The van der Waals surface area contributed by atoms with Crippen LogP contribution < -0.4 is 5.73 Å². The summed E-state index contributed by atoms with van der Waals surface area (Å²) in [6, 6.07) is 9.62. The van der Waals surface area contributed by atoms with Crippen molar-refractivity contribution in [3.05, 3.63) is 42.2 Å². The third-order valence-corrected chi connectivity index (χ3v) is 3.89. The zero-order valence-corrected chi connectivity index (χ0v) is 11.6. The quantitative estimate of drug-likeness (QED) is 0.565. The molecule has 2 aromatic heterocycles. The van der Waals surface area contributed by atoms with Gasteiger partial charge in [0.25, 0.3) is 0 Å². The molecule has 0 saturated carbocycles. The van der Waals surface area contributed by atoms with E-state index in [1.807, 2.05) is 37.4 Å². The largest absolute Gasteiger partial charge is 0.384 e. The summed E-state index contributed by atoms with van der Waals surface area (Å²) in [6.45, 7) is 0. The van der Waals surface area contributed by atoms with Gasteiger partial charge in [0, 0.05) is 18.0 Å². The third kappa shape index (κ3) is 2.23. The molecular weight excluding hydrogens is 272 g/mol. The molecule has 6 nitrogen and oxygen atoms in total. The number of aryl methyl sites for hydroxylation is 1. The molecule has 0 radical (unpaired) electrons. The first kappa shape index (κ1) is 12.6. The van der Waals surface area contributed by atoms with Gasteiger partial charge in [0.15, 0.2) is 5.16 Å². The zero-order chi connectivity index (χ0) is 14.1. The van der Waals surface area contributed by atoms with Crippen LogP contribution in [0.1, 0.15) is 5.56 Å². The molecule has 2 heterocycles. The number of rotatable bonds is 3. The van der Waals surface area contributed by atoms with Crippen LogP contribution in [0.3, 0.4) is 0 Å². The molecule has 0 aliphatic carbocycles. The van der Waals surface area contributed by atoms with E-state index in [9.17, 15) is 0 Å². The highest BCUT2D eigenvalue weighted by Crippen LogP contribution is 2.29. The van der Waals surface area contributed by atoms with Crippen molar-refractivity contribution >= 4 is 28.5 Å². The number of nitrogen functional groups attached to an aromatic ring is 1. The monoisotopic (exact) mass is 284 g/mol. The SMILES string of the molecule is Cn1ncnc1Sc1nc2ccccc2cc1C(=N)N. The molecule has 0 aliphatic rings. The molecule has 0 fully saturated rings. The first-order valence-electron chi connectivity index (χ1n) is 5.91. The summed E-state index contributed by atoms with van der Waals surface area (Å²) < 4.78 is 1.66. The third-order valence-electron chi connectivity index (χ3n) is 2.84. The van der Waals surface area contributed by atoms with Gasteiger partial charge in [-0.1, -0.05) is 18.2 Å². The summed E-state index contributed by atoms with van der Waals surface area (Å²) in [5.74, 6) is -0.00655. The first-order valence-corrected chi connectivity index (χ1v) is 6.73. The number of hydrogen-bond acceptors (Lipinski definition) is 5. The van der Waals surface area contributed by atoms with Crippen LogP contribution in [0.2, 0.25) is 0 Å². The highest BCUT2D eigenvalue weighted by Gasteiger charge is 2.13. The predicted octanol–water partition coefficient (Wildman–Crippen LogP) is 1.80. The highest BCUT2D eigenvalue weighted by molar-refractivity contribution is 7.99. The fourth-order valence-electron chi connectivity index (χ4n) is 1.83. The fraction of sp³-hybridized carbons (Fsp3) is 0.0769. The molecule has 20 heavy (non-hydrogen) atoms. The second-order valence-electron chi connectivity index (χ2n) is 4.22. The number of pyridine rings is 1. The first-order chi connectivity index (χ1) is 9.65. The standard InChI is InChI=1S/C13H12N6S/c1-19-13(16-7-17-19)20-12-9(11(14)15)6-8-4-2-3-5-10(8)18-12/h2-7H,1H3,(H3,14,15). The van der Waals surface area contributed by atoms with Gasteiger partial charge in [0.2, 0.25) is 0 Å². The molecule has 3 rings (SSSR count). The van der Waals surface area contributed by atoms with Gasteiger partial charge in [-0.3, -0.25) is 5.41 Å². The van der Waals surface area contributed by atoms with Crippen LogP contribution in [0.15, 0.2) is 46.8 Å². The molecule has 0 atom stereocenters. The lowest BCUT2D eigenvalue weighted by Gasteiger charge is -2.08. The molecule has 0 bridgehead atoms. The van der Waals surface area contributed by atoms with Gasteiger partial charge >= 0.3 is 0 Å². The molecular formula is C13H12N6S. The Balaban J connectivity index is 2.14. The summed E-state index contributed by atoms with van der Waals surface area (Å²) in [5, 5.41) is 14.1. The Hall–Kier alpha value is -2.41. The van der Waals surface area contributed by atoms with E-state index in [0.29, 0.717) is 15.7 Å². The maximum atomic E-state index is 7.72. The number of benzene rings is 1. The lowest BCUT2D eigenvalue weighted by molar-refractivity contribution is 0.684. The number of para-hydroxylation sites is 1. The van der Waals surface area contributed by atoms with E-state index in [0.717, 1.165) is 10.9 Å². The summed E-state index contributed by atoms with van der Waals surface area (Å²) >= 11 is 1.35. The fourth-order valence-corrected chi connectivity index (χ4v) is 2.71. The smallest absolute Gasteiger partial charge is 0.192 e. The molecule has 0 aliphatic heterocycles. The molecule has 3 aromatic rings. The summed E-state index contributed by atoms with van der Waals surface area (Å²) in [5.41, 5.74) is 7.13. The van der Waals surface area contributed by atoms with E-state index in [-0.39, 0.29) is 5.84 Å². The van der Waals surface area contributed by atoms with E-state index >= 15 is 0 Å². The second kappa shape index (κ2) is 4.93. The summed E-state index contributed by atoms with van der Waals surface area (Å²) in [4.78, 5) is 8.73. The van der Waals surface area contributed by atoms with Crippen molar-refractivity contribution in [2.24, 2.45) is 12.8 Å². The topological polar surface area (TPSA) is 93.5 Å². The zero-order valence-electron chi connectivity index (χ0n) is 10.7. The van der Waals surface area contributed by atoms with Crippen LogP contribution in [0.5, 0.6) is 0 Å². The Morgan fingerprint density at radius 3 is 2.85 bits per heavy atom. The minimum absolute atomic E-state index is 0.00655. The highest BCUT2D eigenvalue weighted by atomic mass is 32.2. The van der Waals surface area contributed by atoms with E-state index in [1.165, 1.54) is 18.1 Å². The Morgan fingerprint density at radius 1 is 1.35 bits per heavy atom. The molecule has 0 unspecified atom stereocenters. The average Bonchev–Trinajstić information content (AvgIpc) is 2.83. The number of fused-ring (bicyclic) bond motifs is 1. The Morgan fingerprint density at radius 2 is 2.15 bits per heavy atom. The van der Waals surface area contributed by atoms with E-state index < -0.39 is 0 Å². The van der Waals surface area contributed by atoms with E-state index in [4.69, 9.17) is 11.1 Å². The van der Waals surface area contributed by atoms with Gasteiger partial charge in [-0.15, -0.1) is 0 Å². The number of aromatic nitrogens is 4. The van der Waals surface area contributed by atoms with Crippen LogP contribution in [0, 0.1) is 5.41 Å². The Kier molecular flexibility index (Phi) is 3.11. The molecule has 0 saturated heterocycles. The van der Waals surface area contributed by atoms with Crippen LogP contribution in [-0.2, 0) is 7.05 Å². The van der Waals surface area contributed by atoms with Crippen molar-refractivity contribution in [3.8, 4) is 0 Å². The molecule has 7 heteroatoms. The number of nitrogens with zero attached hydrogens (tertiary/aromatic N) is 4. The van der Waals surface area contributed by atoms with Crippen LogP contribution in [0.4, 0.5) is 0 Å². The van der Waals surface area contributed by atoms with Gasteiger partial charge in [0.1, 0.15) is 17.2 Å². The minimum atomic E-state index is -0.00655. The molecule has 100 valence electrons. The van der Waals surface area contributed by atoms with Gasteiger partial charge in [0.05, 0.1) is 5.52 Å². The normalized spacial score (nSPS) is 10.8. The van der Waals surface area contributed by atoms with Crippen molar-refractivity contribution in [1.29, 1.82) is 5.41 Å². The van der Waals surface area contributed by atoms with E-state index in [2.05, 4.69) is 15.1 Å². The number of nitrogens with one attached hydrogen (secondary N) is 1. The molecule has 3 N–H and O–H groups in total. The summed E-state index contributed by atoms with van der Waals surface area (Å²) in [6.07, 6.45) is 1.48. The Labute approximate surface area is 119 Å². The van der Waals surface area contributed by atoms with Gasteiger partial charge in [-0.25, -0.2) is 14.6 Å². The van der Waals surface area contributed by atoms with E-state index in [1.54, 1.807) is 4.68 Å². The Bertz CT molecular complexity index is 794. The van der Waals surface area contributed by atoms with Crippen LogP contribution in [0.25, 0.3) is 10.9 Å². The molecule has 1 aromatic carbocycles. The minimum Gasteiger partial charge on any atom is -0.384 e. The predicted molar refractivity (Wildman–Crippen MR) is 77.9 cm³/mol. The number of hydrogen-bond donors (Lipinski definition) is 2. The van der Waals surface area contributed by atoms with Crippen molar-refractivity contribution in [3.63, 3.8) is 0 Å². The summed E-state index contributed by atoms with van der Waals surface area (Å²) in [7, 11) is 1.81. The van der Waals surface area contributed by atoms with Gasteiger partial charge < -0.3 is 5.73 Å². The van der Waals surface area contributed by atoms with Crippen molar-refractivity contribution < 1.29 is 0 Å². The van der Waals surface area contributed by atoms with Crippen LogP contribution in [-0.4, -0.2) is 25.6 Å². The maximum Gasteiger partial charge on any atom is 0.192 e. The second-order valence-corrected chi connectivity index (χ2v) is 5.17. The van der Waals surface area contributed by atoms with Crippen molar-refractivity contribution in [2.45, 2.75) is 10.2 Å². The van der Waals surface area contributed by atoms with Crippen molar-refractivity contribution in [1.82, 2.24) is 19.7 Å². The van der Waals surface area contributed by atoms with Gasteiger partial charge in [-0.2, -0.15) is 5.10 Å². The molecule has 0 amide bonds. The lowest BCUT2D eigenvalue weighted by atomic mass is 10.1. The van der Waals surface area contributed by atoms with Crippen molar-refractivity contribution in [2.75, 3.05) is 0 Å². The van der Waals surface area contributed by atoms with Crippen LogP contribution >= 0.6 is 11.8 Å². The van der Waals surface area contributed by atoms with Gasteiger partial charge in [-0.05, 0) is 23.9 Å². The average molecular weight is 284 g/mol.